The molecule has 4 aromatic rings. The van der Waals surface area contributed by atoms with Crippen molar-refractivity contribution in [1.82, 2.24) is 9.38 Å². The number of aryl methyl sites for hydroxylation is 2. The Balaban J connectivity index is 0.00000132. The number of hydrogen-bond acceptors (Lipinski definition) is 1. The first-order chi connectivity index (χ1) is 9.66. The van der Waals surface area contributed by atoms with Crippen LogP contribution in [-0.2, 0) is 20.1 Å². The number of hydrogen-bond donors (Lipinski definition) is 0. The van der Waals surface area contributed by atoms with Gasteiger partial charge in [0, 0.05) is 37.5 Å². The predicted octanol–water partition coefficient (Wildman–Crippen LogP) is 4.06. The second-order valence-electron chi connectivity index (χ2n) is 4.95. The summed E-state index contributed by atoms with van der Waals surface area (Å²) >= 11 is 0. The fraction of sp³-hybridized carbons (Fsp3) is 0.118. The van der Waals surface area contributed by atoms with E-state index >= 15 is 0 Å². The summed E-state index contributed by atoms with van der Waals surface area (Å²) in [6, 6.07) is 15.7. The van der Waals surface area contributed by atoms with Crippen molar-refractivity contribution in [2.75, 3.05) is 0 Å². The fourth-order valence-electron chi connectivity index (χ4n) is 2.76. The van der Waals surface area contributed by atoms with Crippen LogP contribution in [0.5, 0.6) is 0 Å². The van der Waals surface area contributed by atoms with E-state index in [0.717, 1.165) is 27.6 Å². The standard InChI is InChI=1S/C17H13N2.Ir/c1-11-7-8-16-15(9-11)13-5-3-4-6-14(13)17-18-10-12(2)19(16)17;/h3-5,7-10H,1-2H3;/q-1;/i10D;. The van der Waals surface area contributed by atoms with E-state index in [0.29, 0.717) is 6.17 Å². The van der Waals surface area contributed by atoms with Crippen molar-refractivity contribution in [2.24, 2.45) is 0 Å². The molecule has 0 aliphatic heterocycles. The summed E-state index contributed by atoms with van der Waals surface area (Å²) in [5, 5.41) is 3.31. The predicted molar refractivity (Wildman–Crippen MR) is 78.5 cm³/mol. The van der Waals surface area contributed by atoms with Crippen molar-refractivity contribution >= 4 is 27.3 Å². The molecule has 2 heterocycles. The monoisotopic (exact) mass is 439 g/mol. The maximum atomic E-state index is 7.99. The van der Waals surface area contributed by atoms with Crippen LogP contribution in [0.3, 0.4) is 0 Å². The average molecular weight is 439 g/mol. The molecular weight excluding hydrogens is 424 g/mol. The van der Waals surface area contributed by atoms with Gasteiger partial charge in [-0.05, 0) is 25.3 Å². The van der Waals surface area contributed by atoms with E-state index in [1.54, 1.807) is 0 Å². The van der Waals surface area contributed by atoms with E-state index in [9.17, 15) is 0 Å². The first kappa shape index (κ1) is 12.1. The molecule has 2 aromatic carbocycles. The topological polar surface area (TPSA) is 17.3 Å². The van der Waals surface area contributed by atoms with E-state index in [4.69, 9.17) is 1.37 Å². The van der Waals surface area contributed by atoms with Crippen molar-refractivity contribution in [3.05, 3.63) is 59.9 Å². The molecule has 0 amide bonds. The largest absolute Gasteiger partial charge is 0.338 e. The summed E-state index contributed by atoms with van der Waals surface area (Å²) in [5.74, 6) is 0. The normalized spacial score (nSPS) is 11.8. The molecule has 0 aliphatic carbocycles. The Hall–Kier alpha value is -1.70. The van der Waals surface area contributed by atoms with Gasteiger partial charge in [0.25, 0.3) is 0 Å². The Morgan fingerprint density at radius 2 is 2.05 bits per heavy atom. The van der Waals surface area contributed by atoms with E-state index in [2.05, 4.69) is 46.6 Å². The molecule has 0 spiro atoms. The molecule has 20 heavy (non-hydrogen) atoms. The minimum atomic E-state index is 0. The van der Waals surface area contributed by atoms with Crippen molar-refractivity contribution < 1.29 is 21.5 Å². The zero-order valence-electron chi connectivity index (χ0n) is 12.2. The third-order valence-corrected chi connectivity index (χ3v) is 3.63. The third kappa shape index (κ3) is 1.71. The van der Waals surface area contributed by atoms with Gasteiger partial charge in [0.2, 0.25) is 0 Å². The van der Waals surface area contributed by atoms with E-state index in [1.165, 1.54) is 10.9 Å². The molecule has 4 rings (SSSR count). The van der Waals surface area contributed by atoms with Gasteiger partial charge in [-0.2, -0.15) is 0 Å². The second-order valence-corrected chi connectivity index (χ2v) is 4.95. The first-order valence-corrected chi connectivity index (χ1v) is 6.35. The van der Waals surface area contributed by atoms with Crippen LogP contribution in [0, 0.1) is 19.9 Å². The van der Waals surface area contributed by atoms with Gasteiger partial charge in [-0.15, -0.1) is 29.7 Å². The number of nitrogens with zero attached hydrogens (tertiary/aromatic N) is 2. The summed E-state index contributed by atoms with van der Waals surface area (Å²) < 4.78 is 10.1. The van der Waals surface area contributed by atoms with Crippen LogP contribution in [-0.4, -0.2) is 9.38 Å². The summed E-state index contributed by atoms with van der Waals surface area (Å²) in [4.78, 5) is 4.41. The molecule has 0 atom stereocenters. The number of benzene rings is 2. The van der Waals surface area contributed by atoms with E-state index in [1.807, 2.05) is 19.1 Å². The number of rotatable bonds is 0. The van der Waals surface area contributed by atoms with Crippen molar-refractivity contribution in [3.8, 4) is 0 Å². The Bertz CT molecular complexity index is 989. The average Bonchev–Trinajstić information content (AvgIpc) is 2.76. The molecule has 2 nitrogen and oxygen atoms in total. The second kappa shape index (κ2) is 4.69. The van der Waals surface area contributed by atoms with Gasteiger partial charge in [0.15, 0.2) is 0 Å². The Morgan fingerprint density at radius 1 is 1.20 bits per heavy atom. The van der Waals surface area contributed by atoms with Gasteiger partial charge < -0.3 is 4.40 Å². The molecule has 0 saturated carbocycles. The quantitative estimate of drug-likeness (QED) is 0.299. The molecule has 0 N–H and O–H groups in total. The van der Waals surface area contributed by atoms with E-state index in [-0.39, 0.29) is 20.1 Å². The maximum Gasteiger partial charge on any atom is 0.0849 e. The summed E-state index contributed by atoms with van der Waals surface area (Å²) in [6.45, 7) is 4.04. The van der Waals surface area contributed by atoms with Gasteiger partial charge in [-0.1, -0.05) is 23.1 Å². The summed E-state index contributed by atoms with van der Waals surface area (Å²) in [6.07, 6.45) is 0.330. The number of aromatic nitrogens is 2. The van der Waals surface area contributed by atoms with Gasteiger partial charge in [-0.3, -0.25) is 4.98 Å². The van der Waals surface area contributed by atoms with Crippen LogP contribution < -0.4 is 0 Å². The fourth-order valence-corrected chi connectivity index (χ4v) is 2.76. The molecule has 2 aromatic heterocycles. The number of pyridine rings is 1. The SMILES string of the molecule is [2H]c1nc2c3[c-]cccc3c3cc(C)ccc3n2c1C.[Ir]. The van der Waals surface area contributed by atoms with Crippen molar-refractivity contribution in [3.63, 3.8) is 0 Å². The Morgan fingerprint density at radius 3 is 2.90 bits per heavy atom. The van der Waals surface area contributed by atoms with Crippen LogP contribution in [0.2, 0.25) is 0 Å². The minimum absolute atomic E-state index is 0. The Kier molecular flexibility index (Phi) is 2.83. The molecule has 0 bridgehead atoms. The van der Waals surface area contributed by atoms with Gasteiger partial charge in [-0.25, -0.2) is 0 Å². The van der Waals surface area contributed by atoms with Gasteiger partial charge in [0.05, 0.1) is 7.02 Å². The summed E-state index contributed by atoms with van der Waals surface area (Å²) in [7, 11) is 0. The van der Waals surface area contributed by atoms with Gasteiger partial charge in [0.1, 0.15) is 0 Å². The Labute approximate surface area is 132 Å². The molecule has 0 fully saturated rings. The molecule has 0 unspecified atom stereocenters. The van der Waals surface area contributed by atoms with Crippen LogP contribution >= 0.6 is 0 Å². The van der Waals surface area contributed by atoms with Crippen molar-refractivity contribution in [2.45, 2.75) is 13.8 Å². The molecule has 0 aliphatic rings. The van der Waals surface area contributed by atoms with Crippen LogP contribution in [0.15, 0.2) is 42.6 Å². The molecule has 0 saturated heterocycles. The molecule has 3 heteroatoms. The summed E-state index contributed by atoms with van der Waals surface area (Å²) in [5.41, 5.74) is 4.01. The zero-order chi connectivity index (χ0) is 13.9. The molecule has 101 valence electrons. The number of fused-ring (bicyclic) bond motifs is 6. The van der Waals surface area contributed by atoms with Crippen molar-refractivity contribution in [1.29, 1.82) is 0 Å². The first-order valence-electron chi connectivity index (χ1n) is 6.85. The molecular formula is C17H13IrN2-. The zero-order valence-corrected chi connectivity index (χ0v) is 13.6. The van der Waals surface area contributed by atoms with Crippen LogP contribution in [0.25, 0.3) is 27.3 Å². The molecule has 1 radical (unpaired) electrons. The minimum Gasteiger partial charge on any atom is -0.338 e. The number of imidazole rings is 1. The van der Waals surface area contributed by atoms with E-state index < -0.39 is 0 Å². The van der Waals surface area contributed by atoms with Gasteiger partial charge >= 0.3 is 0 Å². The third-order valence-electron chi connectivity index (χ3n) is 3.63. The van der Waals surface area contributed by atoms with Crippen LogP contribution in [0.4, 0.5) is 0 Å². The maximum absolute atomic E-state index is 7.99. The smallest absolute Gasteiger partial charge is 0.0849 e. The van der Waals surface area contributed by atoms with Crippen LogP contribution in [0.1, 0.15) is 12.6 Å².